The number of nitrogens with zero attached hydrogens (tertiary/aromatic N) is 1. The van der Waals surface area contributed by atoms with Gasteiger partial charge in [0.15, 0.2) is 9.84 Å². The van der Waals surface area contributed by atoms with Crippen LogP contribution >= 0.6 is 0 Å². The number of sulfone groups is 1. The molecular formula is C17H14N2O4S. The molecule has 1 aliphatic heterocycles. The van der Waals surface area contributed by atoms with Gasteiger partial charge in [-0.2, -0.15) is 5.10 Å². The van der Waals surface area contributed by atoms with Crippen LogP contribution in [0.2, 0.25) is 0 Å². The minimum atomic E-state index is -3.14. The van der Waals surface area contributed by atoms with Crippen LogP contribution in [0.3, 0.4) is 0 Å². The number of carbonyl (C=O) groups is 2. The number of Topliss-reactive ketones (excluding diaryl/α,β-unsaturated/α-hetero) is 1. The zero-order chi connectivity index (χ0) is 16.9. The lowest BCUT2D eigenvalue weighted by Gasteiger charge is -2.06. The van der Waals surface area contributed by atoms with Crippen molar-refractivity contribution in [3.63, 3.8) is 0 Å². The zero-order valence-corrected chi connectivity index (χ0v) is 13.5. The van der Waals surface area contributed by atoms with Crippen molar-refractivity contribution in [1.82, 2.24) is 5.43 Å². The quantitative estimate of drug-likeness (QED) is 0.832. The van der Waals surface area contributed by atoms with Crippen molar-refractivity contribution < 1.29 is 18.0 Å². The summed E-state index contributed by atoms with van der Waals surface area (Å²) in [7, 11) is -3.14. The molecule has 1 amide bonds. The normalized spacial score (nSPS) is 23.1. The lowest BCUT2D eigenvalue weighted by Crippen LogP contribution is -2.29. The molecule has 1 fully saturated rings. The number of amides is 1. The van der Waals surface area contributed by atoms with E-state index >= 15 is 0 Å². The standard InChI is InChI=1S/C17H14N2O4S/c20-16-13-6-2-4-10-3-1-5-12(14(10)13)15(16)18-19-17(21)11-7-8-24(22,23)9-11/h1-6,11H,7-9H2,(H,19,21)/b18-15-/t11-/m1/s1. The van der Waals surface area contributed by atoms with Gasteiger partial charge in [0.05, 0.1) is 17.4 Å². The first-order chi connectivity index (χ1) is 11.5. The van der Waals surface area contributed by atoms with E-state index in [2.05, 4.69) is 10.5 Å². The molecule has 2 aromatic carbocycles. The molecule has 1 N–H and O–H groups in total. The minimum Gasteiger partial charge on any atom is -0.287 e. The largest absolute Gasteiger partial charge is 0.287 e. The van der Waals surface area contributed by atoms with E-state index in [1.54, 1.807) is 12.1 Å². The van der Waals surface area contributed by atoms with Gasteiger partial charge in [0, 0.05) is 16.5 Å². The molecule has 0 aromatic heterocycles. The predicted octanol–water partition coefficient (Wildman–Crippen LogP) is 1.29. The molecular weight excluding hydrogens is 328 g/mol. The fourth-order valence-electron chi connectivity index (χ4n) is 3.29. The summed E-state index contributed by atoms with van der Waals surface area (Å²) in [6.07, 6.45) is 0.294. The van der Waals surface area contributed by atoms with Gasteiger partial charge in [0.25, 0.3) is 0 Å². The number of benzene rings is 2. The zero-order valence-electron chi connectivity index (χ0n) is 12.7. The molecule has 1 aliphatic carbocycles. The summed E-state index contributed by atoms with van der Waals surface area (Å²) < 4.78 is 22.9. The first-order valence-corrected chi connectivity index (χ1v) is 9.43. The molecule has 4 rings (SSSR count). The molecule has 0 bridgehead atoms. The Morgan fingerprint density at radius 2 is 1.83 bits per heavy atom. The second-order valence-corrected chi connectivity index (χ2v) is 8.30. The average Bonchev–Trinajstić information content (AvgIpc) is 3.06. The minimum absolute atomic E-state index is 0.0192. The molecule has 0 radical (unpaired) electrons. The fraction of sp³-hybridized carbons (Fsp3) is 0.235. The lowest BCUT2D eigenvalue weighted by atomic mass is 10.1. The molecule has 0 unspecified atom stereocenters. The van der Waals surface area contributed by atoms with Crippen molar-refractivity contribution in [1.29, 1.82) is 0 Å². The summed E-state index contributed by atoms with van der Waals surface area (Å²) in [5.74, 6) is -1.44. The van der Waals surface area contributed by atoms with Crippen molar-refractivity contribution in [2.45, 2.75) is 6.42 Å². The highest BCUT2D eigenvalue weighted by atomic mass is 32.2. The van der Waals surface area contributed by atoms with Crippen molar-refractivity contribution in [2.24, 2.45) is 11.0 Å². The highest BCUT2D eigenvalue weighted by Gasteiger charge is 2.34. The maximum atomic E-state index is 12.5. The van der Waals surface area contributed by atoms with E-state index in [0.29, 0.717) is 17.5 Å². The van der Waals surface area contributed by atoms with Crippen LogP contribution in [0, 0.1) is 5.92 Å². The molecule has 122 valence electrons. The van der Waals surface area contributed by atoms with E-state index in [9.17, 15) is 18.0 Å². The number of hydrogen-bond donors (Lipinski definition) is 1. The van der Waals surface area contributed by atoms with Gasteiger partial charge in [-0.05, 0) is 11.8 Å². The second kappa shape index (κ2) is 5.24. The van der Waals surface area contributed by atoms with Crippen LogP contribution in [0.15, 0.2) is 41.5 Å². The van der Waals surface area contributed by atoms with Gasteiger partial charge < -0.3 is 0 Å². The van der Waals surface area contributed by atoms with Gasteiger partial charge in [-0.3, -0.25) is 9.59 Å². The van der Waals surface area contributed by atoms with Gasteiger partial charge in [0.2, 0.25) is 11.7 Å². The Morgan fingerprint density at radius 1 is 1.12 bits per heavy atom. The molecule has 0 saturated carbocycles. The third-order valence-electron chi connectivity index (χ3n) is 4.50. The number of hydrogen-bond acceptors (Lipinski definition) is 5. The Balaban J connectivity index is 1.64. The molecule has 1 heterocycles. The van der Waals surface area contributed by atoms with E-state index in [4.69, 9.17) is 0 Å². The first kappa shape index (κ1) is 15.0. The second-order valence-electron chi connectivity index (χ2n) is 6.07. The van der Waals surface area contributed by atoms with E-state index in [1.807, 2.05) is 24.3 Å². The van der Waals surface area contributed by atoms with Crippen LogP contribution in [0.5, 0.6) is 0 Å². The molecule has 7 heteroatoms. The Morgan fingerprint density at radius 3 is 2.50 bits per heavy atom. The summed E-state index contributed by atoms with van der Waals surface area (Å²) in [5, 5.41) is 5.79. The molecule has 0 spiro atoms. The molecule has 6 nitrogen and oxygen atoms in total. The maximum absolute atomic E-state index is 12.5. The fourth-order valence-corrected chi connectivity index (χ4v) is 5.03. The average molecular weight is 342 g/mol. The Bertz CT molecular complexity index is 1020. The highest BCUT2D eigenvalue weighted by molar-refractivity contribution is 7.91. The molecule has 1 saturated heterocycles. The van der Waals surface area contributed by atoms with E-state index in [-0.39, 0.29) is 23.0 Å². The summed E-state index contributed by atoms with van der Waals surface area (Å²) >= 11 is 0. The highest BCUT2D eigenvalue weighted by Crippen LogP contribution is 2.30. The molecule has 24 heavy (non-hydrogen) atoms. The lowest BCUT2D eigenvalue weighted by molar-refractivity contribution is -0.124. The number of ketones is 1. The van der Waals surface area contributed by atoms with Gasteiger partial charge in [-0.15, -0.1) is 0 Å². The van der Waals surface area contributed by atoms with Crippen LogP contribution < -0.4 is 5.43 Å². The summed E-state index contributed by atoms with van der Waals surface area (Å²) in [5.41, 5.74) is 3.82. The third-order valence-corrected chi connectivity index (χ3v) is 6.27. The van der Waals surface area contributed by atoms with Crippen molar-refractivity contribution in [2.75, 3.05) is 11.5 Å². The van der Waals surface area contributed by atoms with Crippen LogP contribution in [0.1, 0.15) is 22.3 Å². The summed E-state index contributed by atoms with van der Waals surface area (Å²) in [6, 6.07) is 11.0. The van der Waals surface area contributed by atoms with E-state index in [1.165, 1.54) is 0 Å². The van der Waals surface area contributed by atoms with Crippen molar-refractivity contribution >= 4 is 38.0 Å². The van der Waals surface area contributed by atoms with Gasteiger partial charge in [0.1, 0.15) is 5.71 Å². The van der Waals surface area contributed by atoms with Crippen molar-refractivity contribution in [3.05, 3.63) is 47.5 Å². The molecule has 2 aromatic rings. The maximum Gasteiger partial charge on any atom is 0.244 e. The van der Waals surface area contributed by atoms with Crippen LogP contribution in [0.4, 0.5) is 0 Å². The number of rotatable bonds is 2. The van der Waals surface area contributed by atoms with Crippen molar-refractivity contribution in [3.8, 4) is 0 Å². The number of nitrogens with one attached hydrogen (secondary N) is 1. The first-order valence-electron chi connectivity index (χ1n) is 7.61. The third kappa shape index (κ3) is 2.32. The Kier molecular flexibility index (Phi) is 3.28. The molecule has 1 atom stereocenters. The van der Waals surface area contributed by atoms with E-state index in [0.717, 1.165) is 10.8 Å². The topological polar surface area (TPSA) is 92.7 Å². The Hall–Kier alpha value is -2.54. The van der Waals surface area contributed by atoms with Crippen LogP contribution in [-0.4, -0.2) is 37.3 Å². The van der Waals surface area contributed by atoms with Gasteiger partial charge >= 0.3 is 0 Å². The van der Waals surface area contributed by atoms with Crippen LogP contribution in [0.25, 0.3) is 10.8 Å². The van der Waals surface area contributed by atoms with E-state index < -0.39 is 21.7 Å². The van der Waals surface area contributed by atoms with Gasteiger partial charge in [-0.25, -0.2) is 13.8 Å². The van der Waals surface area contributed by atoms with Gasteiger partial charge in [-0.1, -0.05) is 36.4 Å². The molecule has 2 aliphatic rings. The van der Waals surface area contributed by atoms with Crippen LogP contribution in [-0.2, 0) is 14.6 Å². The predicted molar refractivity (Wildman–Crippen MR) is 89.7 cm³/mol. The Labute approximate surface area is 138 Å². The SMILES string of the molecule is O=C1/C(=N\NC(=O)[C@@H]2CCS(=O)(=O)C2)c2cccc3cccc1c23. The summed E-state index contributed by atoms with van der Waals surface area (Å²) in [6.45, 7) is 0. The monoisotopic (exact) mass is 342 g/mol. The summed E-state index contributed by atoms with van der Waals surface area (Å²) in [4.78, 5) is 24.7. The smallest absolute Gasteiger partial charge is 0.244 e. The number of carbonyl (C=O) groups excluding carboxylic acids is 2. The number of hydrazone groups is 1.